The van der Waals surface area contributed by atoms with Gasteiger partial charge in [-0.05, 0) is 35.2 Å². The third kappa shape index (κ3) is 4.14. The van der Waals surface area contributed by atoms with Gasteiger partial charge in [-0.25, -0.2) is 0 Å². The van der Waals surface area contributed by atoms with Crippen molar-refractivity contribution in [2.45, 2.75) is 37.2 Å². The minimum absolute atomic E-state index is 0.108. The van der Waals surface area contributed by atoms with E-state index in [9.17, 15) is 0 Å². The first-order chi connectivity index (χ1) is 13.5. The lowest BCUT2D eigenvalue weighted by Gasteiger charge is -2.18. The van der Waals surface area contributed by atoms with E-state index in [1.165, 1.54) is 17.3 Å². The largest absolute Gasteiger partial charge is 0.420 e. The van der Waals surface area contributed by atoms with Gasteiger partial charge in [0.05, 0.1) is 5.75 Å². The highest BCUT2D eigenvalue weighted by atomic mass is 32.2. The summed E-state index contributed by atoms with van der Waals surface area (Å²) in [6.07, 6.45) is 0. The molecular formula is C21H20N4O2S. The van der Waals surface area contributed by atoms with Crippen LogP contribution in [0.5, 0.6) is 0 Å². The predicted octanol–water partition coefficient (Wildman–Crippen LogP) is 5.38. The predicted molar refractivity (Wildman–Crippen MR) is 108 cm³/mol. The van der Waals surface area contributed by atoms with Crippen molar-refractivity contribution in [3.8, 4) is 22.9 Å². The smallest absolute Gasteiger partial charge is 0.277 e. The van der Waals surface area contributed by atoms with Gasteiger partial charge in [0.1, 0.15) is 0 Å². The SMILES string of the molecule is CC(C)(C)c1ccc(-c2nnc(SCc3nnc(-c4ccccc4)o3)o2)cc1. The van der Waals surface area contributed by atoms with E-state index >= 15 is 0 Å². The lowest BCUT2D eigenvalue weighted by atomic mass is 9.87. The molecule has 0 bridgehead atoms. The van der Waals surface area contributed by atoms with Gasteiger partial charge in [0.2, 0.25) is 17.7 Å². The molecule has 0 N–H and O–H groups in total. The van der Waals surface area contributed by atoms with E-state index in [1.54, 1.807) is 0 Å². The maximum Gasteiger partial charge on any atom is 0.277 e. The van der Waals surface area contributed by atoms with Crippen LogP contribution in [-0.4, -0.2) is 20.4 Å². The summed E-state index contributed by atoms with van der Waals surface area (Å²) >= 11 is 1.37. The number of rotatable bonds is 5. The van der Waals surface area contributed by atoms with Crippen LogP contribution in [0.2, 0.25) is 0 Å². The van der Waals surface area contributed by atoms with Crippen LogP contribution in [0.25, 0.3) is 22.9 Å². The molecule has 0 fully saturated rings. The fraction of sp³-hybridized carbons (Fsp3) is 0.238. The van der Waals surface area contributed by atoms with Crippen LogP contribution in [-0.2, 0) is 11.2 Å². The van der Waals surface area contributed by atoms with E-state index in [4.69, 9.17) is 8.83 Å². The second-order valence-corrected chi connectivity index (χ2v) is 8.28. The highest BCUT2D eigenvalue weighted by Gasteiger charge is 2.15. The van der Waals surface area contributed by atoms with Gasteiger partial charge in [-0.1, -0.05) is 62.9 Å². The molecule has 2 aromatic carbocycles. The van der Waals surface area contributed by atoms with Crippen LogP contribution in [0, 0.1) is 0 Å². The summed E-state index contributed by atoms with van der Waals surface area (Å²) in [7, 11) is 0. The van der Waals surface area contributed by atoms with Crippen molar-refractivity contribution < 1.29 is 8.83 Å². The van der Waals surface area contributed by atoms with Crippen LogP contribution >= 0.6 is 11.8 Å². The number of hydrogen-bond acceptors (Lipinski definition) is 7. The van der Waals surface area contributed by atoms with E-state index in [2.05, 4.69) is 53.3 Å². The van der Waals surface area contributed by atoms with Crippen LogP contribution in [0.15, 0.2) is 68.7 Å². The van der Waals surface area contributed by atoms with E-state index < -0.39 is 0 Å². The molecule has 0 unspecified atom stereocenters. The van der Waals surface area contributed by atoms with Crippen molar-refractivity contribution in [2.75, 3.05) is 0 Å². The normalized spacial score (nSPS) is 11.7. The average molecular weight is 392 g/mol. The third-order valence-corrected chi connectivity index (χ3v) is 5.01. The summed E-state index contributed by atoms with van der Waals surface area (Å²) in [5.74, 6) is 1.97. The van der Waals surface area contributed by atoms with Gasteiger partial charge < -0.3 is 8.83 Å². The minimum atomic E-state index is 0.108. The highest BCUT2D eigenvalue weighted by molar-refractivity contribution is 7.98. The maximum absolute atomic E-state index is 5.76. The van der Waals surface area contributed by atoms with Crippen molar-refractivity contribution >= 4 is 11.8 Å². The van der Waals surface area contributed by atoms with Gasteiger partial charge in [0.25, 0.3) is 5.22 Å². The number of hydrogen-bond donors (Lipinski definition) is 0. The van der Waals surface area contributed by atoms with Crippen molar-refractivity contribution in [1.29, 1.82) is 0 Å². The van der Waals surface area contributed by atoms with Gasteiger partial charge in [-0.2, -0.15) is 0 Å². The zero-order valence-electron chi connectivity index (χ0n) is 15.9. The lowest BCUT2D eigenvalue weighted by molar-refractivity contribution is 0.464. The Morgan fingerprint density at radius 1 is 0.750 bits per heavy atom. The van der Waals surface area contributed by atoms with Crippen molar-refractivity contribution in [2.24, 2.45) is 0 Å². The van der Waals surface area contributed by atoms with Crippen LogP contribution in [0.4, 0.5) is 0 Å². The average Bonchev–Trinajstić information content (AvgIpc) is 3.36. The molecule has 0 saturated carbocycles. The number of nitrogens with zero attached hydrogens (tertiary/aromatic N) is 4. The van der Waals surface area contributed by atoms with E-state index in [0.717, 1.165) is 11.1 Å². The quantitative estimate of drug-likeness (QED) is 0.422. The van der Waals surface area contributed by atoms with Gasteiger partial charge in [0, 0.05) is 11.1 Å². The fourth-order valence-electron chi connectivity index (χ4n) is 2.63. The molecule has 0 amide bonds. The van der Waals surface area contributed by atoms with Gasteiger partial charge in [-0.15, -0.1) is 20.4 Å². The minimum Gasteiger partial charge on any atom is -0.420 e. The summed E-state index contributed by atoms with van der Waals surface area (Å²) in [6, 6.07) is 17.9. The third-order valence-electron chi connectivity index (χ3n) is 4.21. The molecule has 142 valence electrons. The van der Waals surface area contributed by atoms with Gasteiger partial charge >= 0.3 is 0 Å². The Balaban J connectivity index is 1.41. The molecule has 0 aliphatic heterocycles. The first-order valence-corrected chi connectivity index (χ1v) is 9.92. The van der Waals surface area contributed by atoms with Crippen molar-refractivity contribution in [1.82, 2.24) is 20.4 Å². The Morgan fingerprint density at radius 3 is 2.11 bits per heavy atom. The molecule has 7 heteroatoms. The van der Waals surface area contributed by atoms with Crippen LogP contribution in [0.1, 0.15) is 32.2 Å². The summed E-state index contributed by atoms with van der Waals surface area (Å²) in [6.45, 7) is 6.55. The molecule has 28 heavy (non-hydrogen) atoms. The zero-order valence-corrected chi connectivity index (χ0v) is 16.7. The standard InChI is InChI=1S/C21H20N4O2S/c1-21(2,3)16-11-9-15(10-12-16)19-24-25-20(27-19)28-13-17-22-23-18(26-17)14-7-5-4-6-8-14/h4-12H,13H2,1-3H3. The molecule has 0 radical (unpaired) electrons. The molecule has 0 saturated heterocycles. The number of thioether (sulfide) groups is 1. The molecule has 0 aliphatic carbocycles. The van der Waals surface area contributed by atoms with E-state index in [0.29, 0.717) is 28.6 Å². The molecule has 2 heterocycles. The fourth-order valence-corrected chi connectivity index (χ4v) is 3.23. The Morgan fingerprint density at radius 2 is 1.39 bits per heavy atom. The Bertz CT molecular complexity index is 1050. The topological polar surface area (TPSA) is 77.8 Å². The highest BCUT2D eigenvalue weighted by Crippen LogP contribution is 2.28. The molecule has 0 aliphatic rings. The van der Waals surface area contributed by atoms with Gasteiger partial charge in [0.15, 0.2) is 0 Å². The monoisotopic (exact) mass is 392 g/mol. The van der Waals surface area contributed by atoms with Crippen LogP contribution in [0.3, 0.4) is 0 Å². The summed E-state index contributed by atoms with van der Waals surface area (Å²) in [4.78, 5) is 0. The Labute approximate surface area is 167 Å². The van der Waals surface area contributed by atoms with E-state index in [1.807, 2.05) is 42.5 Å². The number of aromatic nitrogens is 4. The zero-order chi connectivity index (χ0) is 19.6. The molecule has 4 rings (SSSR count). The summed E-state index contributed by atoms with van der Waals surface area (Å²) in [5, 5.41) is 16.9. The van der Waals surface area contributed by atoms with Crippen LogP contribution < -0.4 is 0 Å². The number of benzene rings is 2. The first-order valence-electron chi connectivity index (χ1n) is 8.94. The second kappa shape index (κ2) is 7.59. The second-order valence-electron chi connectivity index (χ2n) is 7.36. The van der Waals surface area contributed by atoms with E-state index in [-0.39, 0.29) is 5.41 Å². The Kier molecular flexibility index (Phi) is 5.00. The molecular weight excluding hydrogens is 372 g/mol. The maximum atomic E-state index is 5.76. The summed E-state index contributed by atoms with van der Waals surface area (Å²) in [5.41, 5.74) is 3.16. The lowest BCUT2D eigenvalue weighted by Crippen LogP contribution is -2.10. The molecule has 0 atom stereocenters. The van der Waals surface area contributed by atoms with Crippen molar-refractivity contribution in [3.05, 3.63) is 66.1 Å². The molecule has 0 spiro atoms. The molecule has 2 aromatic heterocycles. The Hall–Kier alpha value is -2.93. The van der Waals surface area contributed by atoms with Crippen molar-refractivity contribution in [3.63, 3.8) is 0 Å². The first kappa shape index (κ1) is 18.4. The summed E-state index contributed by atoms with van der Waals surface area (Å²) < 4.78 is 11.5. The van der Waals surface area contributed by atoms with Gasteiger partial charge in [-0.3, -0.25) is 0 Å². The molecule has 6 nitrogen and oxygen atoms in total. The molecule has 4 aromatic rings.